The predicted octanol–water partition coefficient (Wildman–Crippen LogP) is 3.37. The third-order valence-corrected chi connectivity index (χ3v) is 4.88. The van der Waals surface area contributed by atoms with Crippen LogP contribution in [0.1, 0.15) is 29.2 Å². The lowest BCUT2D eigenvalue weighted by atomic mass is 10.0. The van der Waals surface area contributed by atoms with Gasteiger partial charge in [-0.2, -0.15) is 0 Å². The maximum absolute atomic E-state index is 12.7. The topological polar surface area (TPSA) is 101 Å². The lowest BCUT2D eigenvalue weighted by Crippen LogP contribution is -2.31. The molecule has 29 heavy (non-hydrogen) atoms. The fourth-order valence-electron chi connectivity index (χ4n) is 3.42. The van der Waals surface area contributed by atoms with E-state index in [2.05, 4.69) is 10.3 Å². The molecule has 1 aromatic heterocycles. The molecular formula is C22H24N2O5. The average molecular weight is 396 g/mol. The Hall–Kier alpha value is -3.48. The summed E-state index contributed by atoms with van der Waals surface area (Å²) in [7, 11) is 3.03. The normalized spacial score (nSPS) is 11.8. The molecule has 0 bridgehead atoms. The first-order valence-corrected chi connectivity index (χ1v) is 9.21. The van der Waals surface area contributed by atoms with Crippen molar-refractivity contribution in [2.75, 3.05) is 14.2 Å². The van der Waals surface area contributed by atoms with Gasteiger partial charge in [0.1, 0.15) is 0 Å². The zero-order valence-corrected chi connectivity index (χ0v) is 16.6. The second kappa shape index (κ2) is 8.68. The summed E-state index contributed by atoms with van der Waals surface area (Å²) in [4.78, 5) is 27.3. The molecular weight excluding hydrogens is 372 g/mol. The van der Waals surface area contributed by atoms with E-state index in [9.17, 15) is 14.7 Å². The summed E-state index contributed by atoms with van der Waals surface area (Å²) in [5.74, 6) is -0.256. The summed E-state index contributed by atoms with van der Waals surface area (Å²) in [5.41, 5.74) is 3.59. The number of carbonyl (C=O) groups is 2. The molecule has 1 amide bonds. The number of fused-ring (bicyclic) bond motifs is 1. The van der Waals surface area contributed by atoms with Crippen LogP contribution in [-0.4, -0.2) is 36.2 Å². The monoisotopic (exact) mass is 396 g/mol. The third kappa shape index (κ3) is 4.51. The number of nitrogens with one attached hydrogen (secondary N) is 2. The Labute approximate surface area is 168 Å². The molecule has 0 aliphatic heterocycles. The minimum atomic E-state index is -1.01. The van der Waals surface area contributed by atoms with Gasteiger partial charge in [0.05, 0.1) is 33.1 Å². The molecule has 1 unspecified atom stereocenters. The van der Waals surface area contributed by atoms with Gasteiger partial charge in [0.25, 0.3) is 0 Å². The highest BCUT2D eigenvalue weighted by molar-refractivity contribution is 5.90. The molecule has 0 aliphatic carbocycles. The number of aromatic amines is 1. The number of rotatable bonds is 8. The molecule has 0 fully saturated rings. The van der Waals surface area contributed by atoms with Gasteiger partial charge in [0.15, 0.2) is 11.5 Å². The zero-order chi connectivity index (χ0) is 21.0. The molecule has 3 N–H and O–H groups in total. The van der Waals surface area contributed by atoms with E-state index in [1.54, 1.807) is 18.2 Å². The Bertz CT molecular complexity index is 1040. The molecule has 152 valence electrons. The number of H-pyrrole nitrogens is 1. The second-order valence-electron chi connectivity index (χ2n) is 6.82. The van der Waals surface area contributed by atoms with Crippen LogP contribution in [0.3, 0.4) is 0 Å². The first-order valence-electron chi connectivity index (χ1n) is 9.21. The van der Waals surface area contributed by atoms with Crippen molar-refractivity contribution >= 4 is 22.8 Å². The molecule has 7 heteroatoms. The number of aliphatic carboxylic acids is 1. The molecule has 1 heterocycles. The Kier molecular flexibility index (Phi) is 6.07. The highest BCUT2D eigenvalue weighted by Gasteiger charge is 2.21. The van der Waals surface area contributed by atoms with Crippen molar-refractivity contribution in [2.45, 2.75) is 25.8 Å². The number of hydrogen-bond acceptors (Lipinski definition) is 4. The smallest absolute Gasteiger partial charge is 0.305 e. The van der Waals surface area contributed by atoms with Crippen molar-refractivity contribution in [3.05, 3.63) is 59.3 Å². The van der Waals surface area contributed by atoms with Gasteiger partial charge in [-0.15, -0.1) is 0 Å². The van der Waals surface area contributed by atoms with Crippen LogP contribution >= 0.6 is 0 Å². The summed E-state index contributed by atoms with van der Waals surface area (Å²) >= 11 is 0. The van der Waals surface area contributed by atoms with Gasteiger partial charge in [-0.1, -0.05) is 24.3 Å². The number of hydrogen-bond donors (Lipinski definition) is 3. The highest BCUT2D eigenvalue weighted by atomic mass is 16.5. The minimum absolute atomic E-state index is 0.146. The van der Waals surface area contributed by atoms with Gasteiger partial charge in [-0.25, -0.2) is 0 Å². The van der Waals surface area contributed by atoms with E-state index in [1.165, 1.54) is 14.2 Å². The lowest BCUT2D eigenvalue weighted by Gasteiger charge is -2.19. The van der Waals surface area contributed by atoms with E-state index in [-0.39, 0.29) is 18.7 Å². The van der Waals surface area contributed by atoms with Crippen LogP contribution in [0.4, 0.5) is 0 Å². The maximum atomic E-state index is 12.7. The fraction of sp³-hybridized carbons (Fsp3) is 0.273. The predicted molar refractivity (Wildman–Crippen MR) is 109 cm³/mol. The average Bonchev–Trinajstić information content (AvgIpc) is 3.10. The van der Waals surface area contributed by atoms with E-state index in [1.807, 2.05) is 31.3 Å². The fourth-order valence-corrected chi connectivity index (χ4v) is 3.42. The highest BCUT2D eigenvalue weighted by Crippen LogP contribution is 2.31. The van der Waals surface area contributed by atoms with Crippen LogP contribution in [0, 0.1) is 6.92 Å². The van der Waals surface area contributed by atoms with Crippen LogP contribution in [-0.2, 0) is 16.0 Å². The van der Waals surface area contributed by atoms with Crippen molar-refractivity contribution in [1.82, 2.24) is 10.3 Å². The van der Waals surface area contributed by atoms with E-state index in [0.717, 1.165) is 22.0 Å². The minimum Gasteiger partial charge on any atom is -0.493 e. The number of aryl methyl sites for hydroxylation is 1. The van der Waals surface area contributed by atoms with Crippen LogP contribution in [0.15, 0.2) is 42.6 Å². The summed E-state index contributed by atoms with van der Waals surface area (Å²) in [6.45, 7) is 2.00. The molecule has 7 nitrogen and oxygen atoms in total. The van der Waals surface area contributed by atoms with Gasteiger partial charge in [-0.3, -0.25) is 9.59 Å². The van der Waals surface area contributed by atoms with Crippen molar-refractivity contribution < 1.29 is 24.2 Å². The molecule has 2 aromatic carbocycles. The molecule has 0 radical (unpaired) electrons. The van der Waals surface area contributed by atoms with Crippen molar-refractivity contribution in [3.63, 3.8) is 0 Å². The number of carbonyl (C=O) groups excluding carboxylic acids is 1. The van der Waals surface area contributed by atoms with Crippen LogP contribution in [0.25, 0.3) is 10.9 Å². The Morgan fingerprint density at radius 1 is 1.14 bits per heavy atom. The molecule has 0 saturated heterocycles. The number of carboxylic acid groups (broad SMARTS) is 1. The molecule has 0 aliphatic rings. The first-order chi connectivity index (χ1) is 13.9. The Balaban J connectivity index is 1.82. The van der Waals surface area contributed by atoms with Gasteiger partial charge < -0.3 is 24.9 Å². The van der Waals surface area contributed by atoms with E-state index >= 15 is 0 Å². The Morgan fingerprint density at radius 2 is 1.90 bits per heavy atom. The molecule has 3 rings (SSSR count). The Morgan fingerprint density at radius 3 is 2.59 bits per heavy atom. The molecule has 3 aromatic rings. The largest absolute Gasteiger partial charge is 0.493 e. The van der Waals surface area contributed by atoms with Crippen LogP contribution in [0.5, 0.6) is 11.5 Å². The molecule has 0 spiro atoms. The lowest BCUT2D eigenvalue weighted by molar-refractivity contribution is -0.137. The van der Waals surface area contributed by atoms with Crippen molar-refractivity contribution in [3.8, 4) is 11.5 Å². The summed E-state index contributed by atoms with van der Waals surface area (Å²) < 4.78 is 10.5. The SMILES string of the molecule is COc1ccc(C(CC(=O)O)NC(=O)Cc2c[nH]c3c(C)cccc23)cc1OC. The second-order valence-corrected chi connectivity index (χ2v) is 6.82. The number of amides is 1. The van der Waals surface area contributed by atoms with Crippen LogP contribution < -0.4 is 14.8 Å². The van der Waals surface area contributed by atoms with Gasteiger partial charge in [-0.05, 0) is 35.7 Å². The van der Waals surface area contributed by atoms with E-state index < -0.39 is 12.0 Å². The summed E-state index contributed by atoms with van der Waals surface area (Å²) in [6, 6.07) is 10.3. The third-order valence-electron chi connectivity index (χ3n) is 4.88. The summed E-state index contributed by atoms with van der Waals surface area (Å²) in [5, 5.41) is 13.1. The quantitative estimate of drug-likeness (QED) is 0.542. The van der Waals surface area contributed by atoms with Crippen molar-refractivity contribution in [2.24, 2.45) is 0 Å². The standard InChI is InChI=1S/C22H24N2O5/c1-13-5-4-6-16-15(12-23-22(13)16)10-20(25)24-17(11-21(26)27)14-7-8-18(28-2)19(9-14)29-3/h4-9,12,17,23H,10-11H2,1-3H3,(H,24,25)(H,26,27). The maximum Gasteiger partial charge on any atom is 0.305 e. The first kappa shape index (κ1) is 20.3. The van der Waals surface area contributed by atoms with Gasteiger partial charge in [0.2, 0.25) is 5.91 Å². The zero-order valence-electron chi connectivity index (χ0n) is 16.6. The number of ether oxygens (including phenoxy) is 2. The summed E-state index contributed by atoms with van der Waals surface area (Å²) in [6.07, 6.45) is 1.72. The van der Waals surface area contributed by atoms with E-state index in [0.29, 0.717) is 17.1 Å². The molecule has 1 atom stereocenters. The van der Waals surface area contributed by atoms with Gasteiger partial charge >= 0.3 is 5.97 Å². The number of para-hydroxylation sites is 1. The van der Waals surface area contributed by atoms with Crippen molar-refractivity contribution in [1.29, 1.82) is 0 Å². The number of carboxylic acids is 1. The van der Waals surface area contributed by atoms with Crippen LogP contribution in [0.2, 0.25) is 0 Å². The number of aromatic nitrogens is 1. The number of benzene rings is 2. The van der Waals surface area contributed by atoms with Gasteiger partial charge in [0, 0.05) is 17.1 Å². The number of methoxy groups -OCH3 is 2. The van der Waals surface area contributed by atoms with E-state index in [4.69, 9.17) is 9.47 Å². The molecule has 0 saturated carbocycles.